The van der Waals surface area contributed by atoms with Gasteiger partial charge in [-0.3, -0.25) is 0 Å². The van der Waals surface area contributed by atoms with Gasteiger partial charge in [-0.05, 0) is 51.8 Å². The topological polar surface area (TPSA) is 47.6 Å². The van der Waals surface area contributed by atoms with Crippen molar-refractivity contribution >= 4 is 11.7 Å². The summed E-state index contributed by atoms with van der Waals surface area (Å²) >= 11 is 0. The smallest absolute Gasteiger partial charge is 0.331 e. The van der Waals surface area contributed by atoms with E-state index < -0.39 is 5.54 Å². The highest BCUT2D eigenvalue weighted by atomic mass is 16.5. The van der Waals surface area contributed by atoms with E-state index in [4.69, 9.17) is 9.47 Å². The Morgan fingerprint density at radius 3 is 2.47 bits per heavy atom. The Balaban J connectivity index is 3.07. The molecule has 1 N–H and O–H groups in total. The first-order chi connectivity index (χ1) is 8.81. The highest BCUT2D eigenvalue weighted by molar-refractivity contribution is 5.84. The zero-order valence-electron chi connectivity index (χ0n) is 12.6. The van der Waals surface area contributed by atoms with Crippen molar-refractivity contribution in [1.29, 1.82) is 0 Å². The van der Waals surface area contributed by atoms with E-state index in [9.17, 15) is 4.79 Å². The van der Waals surface area contributed by atoms with E-state index in [-0.39, 0.29) is 5.97 Å². The van der Waals surface area contributed by atoms with Crippen LogP contribution in [0.3, 0.4) is 0 Å². The normalized spacial score (nSPS) is 11.1. The third-order valence-corrected chi connectivity index (χ3v) is 2.86. The molecule has 0 bridgehead atoms. The molecule has 0 aliphatic carbocycles. The van der Waals surface area contributed by atoms with Crippen LogP contribution >= 0.6 is 0 Å². The first kappa shape index (κ1) is 15.3. The third-order valence-electron chi connectivity index (χ3n) is 2.86. The minimum atomic E-state index is -0.802. The van der Waals surface area contributed by atoms with Crippen LogP contribution in [-0.4, -0.2) is 25.2 Å². The maximum absolute atomic E-state index is 11.9. The van der Waals surface area contributed by atoms with Gasteiger partial charge in [0.05, 0.1) is 19.4 Å². The van der Waals surface area contributed by atoms with Crippen molar-refractivity contribution in [2.45, 2.75) is 40.2 Å². The highest BCUT2D eigenvalue weighted by Crippen LogP contribution is 2.32. The molecule has 1 rings (SSSR count). The number of benzene rings is 1. The predicted octanol–water partition coefficient (Wildman–Crippen LogP) is 3.07. The molecule has 0 saturated heterocycles. The van der Waals surface area contributed by atoms with Gasteiger partial charge >= 0.3 is 5.97 Å². The van der Waals surface area contributed by atoms with Gasteiger partial charge in [0, 0.05) is 0 Å². The average Bonchev–Trinajstić information content (AvgIpc) is 2.28. The zero-order valence-corrected chi connectivity index (χ0v) is 12.6. The number of aryl methyl sites for hydroxylation is 2. The molecule has 0 radical (unpaired) electrons. The van der Waals surface area contributed by atoms with Gasteiger partial charge in [-0.1, -0.05) is 6.07 Å². The van der Waals surface area contributed by atoms with E-state index >= 15 is 0 Å². The maximum atomic E-state index is 11.9. The molecule has 0 unspecified atom stereocenters. The van der Waals surface area contributed by atoms with Crippen molar-refractivity contribution in [2.75, 3.05) is 19.0 Å². The summed E-state index contributed by atoms with van der Waals surface area (Å²) < 4.78 is 10.5. The largest absolute Gasteiger partial charge is 0.494 e. The lowest BCUT2D eigenvalue weighted by Gasteiger charge is -2.26. The highest BCUT2D eigenvalue weighted by Gasteiger charge is 2.30. The van der Waals surface area contributed by atoms with E-state index in [0.29, 0.717) is 6.61 Å². The van der Waals surface area contributed by atoms with Crippen LogP contribution in [0.4, 0.5) is 5.69 Å². The summed E-state index contributed by atoms with van der Waals surface area (Å²) in [4.78, 5) is 11.9. The summed E-state index contributed by atoms with van der Waals surface area (Å²) in [5, 5.41) is 3.20. The number of ether oxygens (including phenoxy) is 2. The molecule has 0 spiro atoms. The molecule has 0 saturated carbocycles. The minimum absolute atomic E-state index is 0.281. The number of esters is 1. The lowest BCUT2D eigenvalue weighted by Crippen LogP contribution is -2.41. The summed E-state index contributed by atoms with van der Waals surface area (Å²) in [5.74, 6) is 0.471. The second-order valence-corrected chi connectivity index (χ2v) is 5.13. The van der Waals surface area contributed by atoms with Crippen molar-refractivity contribution in [2.24, 2.45) is 0 Å². The lowest BCUT2D eigenvalue weighted by atomic mass is 10.0. The molecule has 4 nitrogen and oxygen atoms in total. The van der Waals surface area contributed by atoms with E-state index in [0.717, 1.165) is 22.6 Å². The van der Waals surface area contributed by atoms with Crippen LogP contribution in [0, 0.1) is 13.8 Å². The molecule has 0 aliphatic rings. The quantitative estimate of drug-likeness (QED) is 0.831. The van der Waals surface area contributed by atoms with E-state index in [1.807, 2.05) is 26.0 Å². The first-order valence-electron chi connectivity index (χ1n) is 6.42. The molecule has 0 atom stereocenters. The summed E-state index contributed by atoms with van der Waals surface area (Å²) in [6, 6.07) is 4.01. The molecule has 106 valence electrons. The van der Waals surface area contributed by atoms with Crippen molar-refractivity contribution in [3.05, 3.63) is 23.3 Å². The van der Waals surface area contributed by atoms with Gasteiger partial charge in [0.25, 0.3) is 0 Å². The van der Waals surface area contributed by atoms with Gasteiger partial charge in [0.2, 0.25) is 0 Å². The number of carbonyl (C=O) groups is 1. The van der Waals surface area contributed by atoms with E-state index in [1.165, 1.54) is 0 Å². The number of carbonyl (C=O) groups excluding carboxylic acids is 1. The summed E-state index contributed by atoms with van der Waals surface area (Å²) in [7, 11) is 1.63. The summed E-state index contributed by atoms with van der Waals surface area (Å²) in [6.45, 7) is 9.74. The van der Waals surface area contributed by atoms with Crippen LogP contribution in [0.15, 0.2) is 12.1 Å². The zero-order chi connectivity index (χ0) is 14.6. The minimum Gasteiger partial charge on any atom is -0.494 e. The van der Waals surface area contributed by atoms with Gasteiger partial charge in [0.1, 0.15) is 11.3 Å². The van der Waals surface area contributed by atoms with Crippen LogP contribution in [0.5, 0.6) is 5.75 Å². The van der Waals surface area contributed by atoms with Crippen LogP contribution in [-0.2, 0) is 9.53 Å². The van der Waals surface area contributed by atoms with Crippen molar-refractivity contribution in [3.8, 4) is 5.75 Å². The number of anilines is 1. The van der Waals surface area contributed by atoms with Crippen LogP contribution in [0.1, 0.15) is 31.9 Å². The fourth-order valence-electron chi connectivity index (χ4n) is 2.02. The lowest BCUT2D eigenvalue weighted by molar-refractivity contribution is -0.147. The van der Waals surface area contributed by atoms with Crippen LogP contribution in [0.2, 0.25) is 0 Å². The van der Waals surface area contributed by atoms with Crippen LogP contribution < -0.4 is 10.1 Å². The molecular weight excluding hydrogens is 242 g/mol. The Morgan fingerprint density at radius 2 is 1.95 bits per heavy atom. The fourth-order valence-corrected chi connectivity index (χ4v) is 2.02. The predicted molar refractivity (Wildman–Crippen MR) is 76.8 cm³/mol. The van der Waals surface area contributed by atoms with Crippen molar-refractivity contribution in [1.82, 2.24) is 0 Å². The molecule has 1 aromatic rings. The summed E-state index contributed by atoms with van der Waals surface area (Å²) in [6.07, 6.45) is 0. The molecule has 0 aliphatic heterocycles. The molecule has 19 heavy (non-hydrogen) atoms. The Hall–Kier alpha value is -1.71. The van der Waals surface area contributed by atoms with Crippen molar-refractivity contribution < 1.29 is 14.3 Å². The van der Waals surface area contributed by atoms with Gasteiger partial charge < -0.3 is 14.8 Å². The molecule has 1 aromatic carbocycles. The van der Waals surface area contributed by atoms with E-state index in [2.05, 4.69) is 5.32 Å². The fraction of sp³-hybridized carbons (Fsp3) is 0.533. The average molecular weight is 265 g/mol. The Bertz CT molecular complexity index is 467. The SMILES string of the molecule is CCOC(=O)C(C)(C)Nc1cc(C)cc(C)c1OC. The molecule has 0 amide bonds. The Kier molecular flexibility index (Phi) is 4.81. The van der Waals surface area contributed by atoms with Crippen molar-refractivity contribution in [3.63, 3.8) is 0 Å². The van der Waals surface area contributed by atoms with Gasteiger partial charge in [-0.15, -0.1) is 0 Å². The summed E-state index contributed by atoms with van der Waals surface area (Å²) in [5.41, 5.74) is 2.15. The molecule has 0 aromatic heterocycles. The van der Waals surface area contributed by atoms with Gasteiger partial charge in [-0.25, -0.2) is 4.79 Å². The van der Waals surface area contributed by atoms with Gasteiger partial charge in [0.15, 0.2) is 0 Å². The van der Waals surface area contributed by atoms with Gasteiger partial charge in [-0.2, -0.15) is 0 Å². The molecular formula is C15H23NO3. The second kappa shape index (κ2) is 5.95. The second-order valence-electron chi connectivity index (χ2n) is 5.13. The Labute approximate surface area is 115 Å². The maximum Gasteiger partial charge on any atom is 0.331 e. The standard InChI is InChI=1S/C15H23NO3/c1-7-19-14(17)15(4,5)16-12-9-10(2)8-11(3)13(12)18-6/h8-9,16H,7H2,1-6H3. The number of hydrogen-bond acceptors (Lipinski definition) is 4. The first-order valence-corrected chi connectivity index (χ1v) is 6.42. The third kappa shape index (κ3) is 3.63. The number of methoxy groups -OCH3 is 1. The number of hydrogen-bond donors (Lipinski definition) is 1. The molecule has 0 heterocycles. The molecule has 0 fully saturated rings. The Morgan fingerprint density at radius 1 is 1.32 bits per heavy atom. The molecule has 4 heteroatoms. The monoisotopic (exact) mass is 265 g/mol. The van der Waals surface area contributed by atoms with E-state index in [1.54, 1.807) is 27.9 Å². The number of nitrogens with one attached hydrogen (secondary N) is 1. The van der Waals surface area contributed by atoms with Crippen LogP contribution in [0.25, 0.3) is 0 Å². The number of rotatable bonds is 5.